The van der Waals surface area contributed by atoms with Gasteiger partial charge in [-0.1, -0.05) is 5.21 Å². The van der Waals surface area contributed by atoms with Crippen LogP contribution in [-0.4, -0.2) is 20.5 Å². The van der Waals surface area contributed by atoms with Crippen LogP contribution in [0.25, 0.3) is 11.0 Å². The second-order valence-corrected chi connectivity index (χ2v) is 2.12. The van der Waals surface area contributed by atoms with Crippen LogP contribution in [-0.2, 0) is 5.11 Å². The van der Waals surface area contributed by atoms with E-state index in [2.05, 4.69) is 15.4 Å². The number of aromatic amines is 1. The van der Waals surface area contributed by atoms with E-state index < -0.39 is 5.75 Å². The van der Waals surface area contributed by atoms with E-state index in [0.29, 0.717) is 5.52 Å². The Labute approximate surface area is 61.3 Å². The van der Waals surface area contributed by atoms with Gasteiger partial charge in [-0.05, 0) is 12.1 Å². The Bertz CT molecular complexity index is 396. The summed E-state index contributed by atoms with van der Waals surface area (Å²) in [5.41, 5.74) is 0.706. The molecule has 2 aromatic rings. The van der Waals surface area contributed by atoms with Crippen LogP contribution in [0.4, 0.5) is 0 Å². The van der Waals surface area contributed by atoms with E-state index in [-0.39, 0.29) is 11.3 Å². The van der Waals surface area contributed by atoms with Gasteiger partial charge in [-0.15, -0.1) is 5.10 Å². The second-order valence-electron chi connectivity index (χ2n) is 2.12. The Morgan fingerprint density at radius 1 is 1.45 bits per heavy atom. The lowest BCUT2D eigenvalue weighted by Crippen LogP contribution is -1.70. The van der Waals surface area contributed by atoms with Gasteiger partial charge in [0.15, 0.2) is 11.3 Å². The summed E-state index contributed by atoms with van der Waals surface area (Å²) in [6, 6.07) is 2.86. The maximum absolute atomic E-state index is 11.0. The highest BCUT2D eigenvalue weighted by atomic mass is 16.3. The van der Waals surface area contributed by atoms with Gasteiger partial charge in [-0.25, -0.2) is 0 Å². The number of rotatable bonds is 0. The van der Waals surface area contributed by atoms with E-state index in [9.17, 15) is 5.11 Å². The Morgan fingerprint density at radius 3 is 3.09 bits per heavy atom. The van der Waals surface area contributed by atoms with Gasteiger partial charge in [0.1, 0.15) is 0 Å². The van der Waals surface area contributed by atoms with Crippen molar-refractivity contribution in [2.24, 2.45) is 0 Å². The van der Waals surface area contributed by atoms with Crippen molar-refractivity contribution in [3.8, 4) is 11.5 Å². The van der Waals surface area contributed by atoms with Crippen molar-refractivity contribution in [3.63, 3.8) is 0 Å². The number of hydrogen-bond acceptors (Lipinski definition) is 3. The van der Waals surface area contributed by atoms with E-state index in [0.717, 1.165) is 0 Å². The van der Waals surface area contributed by atoms with E-state index in [1.807, 2.05) is 0 Å². The van der Waals surface area contributed by atoms with Crippen LogP contribution in [0.5, 0.6) is 11.5 Å². The van der Waals surface area contributed by atoms with Crippen LogP contribution >= 0.6 is 0 Å². The van der Waals surface area contributed by atoms with Crippen molar-refractivity contribution >= 4 is 11.0 Å². The number of aromatic nitrogens is 3. The highest BCUT2D eigenvalue weighted by Gasteiger charge is 2.09. The molecule has 5 heteroatoms. The van der Waals surface area contributed by atoms with Gasteiger partial charge >= 0.3 is 0 Å². The molecule has 0 aliphatic rings. The van der Waals surface area contributed by atoms with Gasteiger partial charge in [0, 0.05) is 0 Å². The lowest BCUT2D eigenvalue weighted by Gasteiger charge is -1.91. The largest absolute Gasteiger partial charge is 0.504 e. The number of phenols is 1. The molecule has 0 amide bonds. The van der Waals surface area contributed by atoms with Crippen LogP contribution < -0.4 is 0 Å². The summed E-state index contributed by atoms with van der Waals surface area (Å²) >= 11 is 0. The van der Waals surface area contributed by atoms with Gasteiger partial charge in [-0.3, -0.25) is 10.2 Å². The summed E-state index contributed by atoms with van der Waals surface area (Å²) < 4.78 is 0. The molecule has 0 atom stereocenters. The van der Waals surface area contributed by atoms with Crippen molar-refractivity contribution in [2.45, 2.75) is 0 Å². The molecular weight excluding hydrogens is 146 g/mol. The number of nitrogens with one attached hydrogen (secondary N) is 1. The molecule has 5 nitrogen and oxygen atoms in total. The monoisotopic (exact) mass is 150 g/mol. The maximum Gasteiger partial charge on any atom is 0.249 e. The molecule has 2 rings (SSSR count). The minimum atomic E-state index is -0.490. The molecule has 1 aromatic heterocycles. The zero-order valence-corrected chi connectivity index (χ0v) is 5.40. The molecule has 11 heavy (non-hydrogen) atoms. The Balaban J connectivity index is 2.93. The van der Waals surface area contributed by atoms with Crippen LogP contribution in [0.3, 0.4) is 0 Å². The molecule has 1 heterocycles. The van der Waals surface area contributed by atoms with Crippen LogP contribution in [0.2, 0.25) is 0 Å². The average molecular weight is 150 g/mol. The van der Waals surface area contributed by atoms with E-state index in [1.165, 1.54) is 6.07 Å². The van der Waals surface area contributed by atoms with E-state index >= 15 is 0 Å². The first-order chi connectivity index (χ1) is 5.29. The first-order valence-corrected chi connectivity index (χ1v) is 2.99. The zero-order valence-electron chi connectivity index (χ0n) is 5.40. The molecule has 0 aliphatic heterocycles. The minimum absolute atomic E-state index is 0.171. The number of benzene rings is 1. The van der Waals surface area contributed by atoms with Crippen LogP contribution in [0, 0.1) is 0 Å². The smallest absolute Gasteiger partial charge is 0.249 e. The summed E-state index contributed by atoms with van der Waals surface area (Å²) in [4.78, 5) is 0. The third-order valence-electron chi connectivity index (χ3n) is 1.43. The van der Waals surface area contributed by atoms with Gasteiger partial charge in [0.2, 0.25) is 5.75 Å². The molecule has 0 fully saturated rings. The maximum atomic E-state index is 11.0. The molecule has 0 spiro atoms. The van der Waals surface area contributed by atoms with Crippen molar-refractivity contribution in [1.82, 2.24) is 15.4 Å². The highest BCUT2D eigenvalue weighted by Crippen LogP contribution is 2.30. The van der Waals surface area contributed by atoms with E-state index in [4.69, 9.17) is 5.11 Å². The molecule has 0 saturated carbocycles. The topological polar surface area (TPSA) is 81.7 Å². The number of H-pyrrole nitrogens is 1. The fourth-order valence-corrected chi connectivity index (χ4v) is 0.879. The fourth-order valence-electron chi connectivity index (χ4n) is 0.879. The number of hydrogen-bond donors (Lipinski definition) is 2. The Kier molecular flexibility index (Phi) is 1.00. The molecule has 0 bridgehead atoms. The van der Waals surface area contributed by atoms with Gasteiger partial charge < -0.3 is 5.11 Å². The summed E-state index contributed by atoms with van der Waals surface area (Å²) in [5.74, 6) is -0.789. The van der Waals surface area contributed by atoms with Crippen LogP contribution in [0.15, 0.2) is 12.1 Å². The number of fused-ring (bicyclic) bond motifs is 1. The third-order valence-corrected chi connectivity index (χ3v) is 1.43. The number of phenolic OH excluding ortho intramolecular Hbond substituents is 1. The lowest BCUT2D eigenvalue weighted by atomic mass is 10.3. The van der Waals surface area contributed by atoms with E-state index in [1.54, 1.807) is 6.07 Å². The van der Waals surface area contributed by atoms with Gasteiger partial charge in [0.25, 0.3) is 0 Å². The van der Waals surface area contributed by atoms with Crippen molar-refractivity contribution < 1.29 is 10.2 Å². The van der Waals surface area contributed by atoms with Crippen molar-refractivity contribution in [3.05, 3.63) is 12.1 Å². The molecular formula is C6H4N3O2. The molecule has 1 aromatic carbocycles. The molecule has 1 radical (unpaired) electrons. The SMILES string of the molecule is [O]c1c(O)ccc2[nH]nnc12. The number of nitrogens with zero attached hydrogens (tertiary/aromatic N) is 2. The molecule has 2 N–H and O–H groups in total. The van der Waals surface area contributed by atoms with Gasteiger partial charge in [-0.2, -0.15) is 0 Å². The predicted molar refractivity (Wildman–Crippen MR) is 35.7 cm³/mol. The minimum Gasteiger partial charge on any atom is -0.504 e. The Hall–Kier alpha value is -1.78. The summed E-state index contributed by atoms with van der Waals surface area (Å²) in [6.45, 7) is 0. The lowest BCUT2D eigenvalue weighted by molar-refractivity contribution is 0.329. The standard InChI is InChI=1S/C6H4N3O2/c10-4-2-1-3-5(6(4)11)8-9-7-3/h1-2,10H,(H,7,8,9). The first-order valence-electron chi connectivity index (χ1n) is 2.99. The summed E-state index contributed by atoms with van der Waals surface area (Å²) in [6.07, 6.45) is 0. The summed E-state index contributed by atoms with van der Waals surface area (Å²) in [7, 11) is 0. The predicted octanol–water partition coefficient (Wildman–Crippen LogP) is 0.807. The van der Waals surface area contributed by atoms with Crippen LogP contribution in [0.1, 0.15) is 0 Å². The fraction of sp³-hybridized carbons (Fsp3) is 0. The quantitative estimate of drug-likeness (QED) is 0.582. The second kappa shape index (κ2) is 1.85. The summed E-state index contributed by atoms with van der Waals surface area (Å²) in [5, 5.41) is 29.4. The molecule has 0 unspecified atom stereocenters. The molecule has 0 aliphatic carbocycles. The van der Waals surface area contributed by atoms with Gasteiger partial charge in [0.05, 0.1) is 5.52 Å². The average Bonchev–Trinajstić information content (AvgIpc) is 2.45. The Morgan fingerprint density at radius 2 is 2.27 bits per heavy atom. The molecule has 0 saturated heterocycles. The number of aromatic hydroxyl groups is 1. The normalized spacial score (nSPS) is 10.5. The zero-order chi connectivity index (χ0) is 7.84. The third kappa shape index (κ3) is 0.706. The van der Waals surface area contributed by atoms with Crippen molar-refractivity contribution in [2.75, 3.05) is 0 Å². The molecule has 55 valence electrons. The highest BCUT2D eigenvalue weighted by molar-refractivity contribution is 5.82. The van der Waals surface area contributed by atoms with Crippen molar-refractivity contribution in [1.29, 1.82) is 0 Å². The first kappa shape index (κ1) is 5.96.